The molecule has 1 aromatic heterocycles. The molecule has 51 heavy (non-hydrogen) atoms. The van der Waals surface area contributed by atoms with Crippen LogP contribution in [0.2, 0.25) is 0 Å². The zero-order chi connectivity index (χ0) is 37.7. The van der Waals surface area contributed by atoms with Gasteiger partial charge in [0.05, 0.1) is 56.7 Å². The van der Waals surface area contributed by atoms with Crippen molar-refractivity contribution < 1.29 is 72.4 Å². The molecule has 3 aromatic carbocycles. The van der Waals surface area contributed by atoms with E-state index in [2.05, 4.69) is 0 Å². The Morgan fingerprint density at radius 1 is 0.725 bits per heavy atom. The van der Waals surface area contributed by atoms with Gasteiger partial charge >= 0.3 is 11.9 Å². The summed E-state index contributed by atoms with van der Waals surface area (Å²) in [7, 11) is -13.1. The van der Waals surface area contributed by atoms with Crippen LogP contribution in [0.3, 0.4) is 0 Å². The normalized spacial score (nSPS) is 12.3. The monoisotopic (exact) mass is 769 g/mol. The lowest BCUT2D eigenvalue weighted by atomic mass is 10.0. The Balaban J connectivity index is 1.91. The number of carbonyl (C=O) groups excluding carboxylic acids is 1. The summed E-state index contributed by atoms with van der Waals surface area (Å²) >= 11 is 0. The van der Waals surface area contributed by atoms with E-state index in [0.717, 1.165) is 0 Å². The fraction of sp³-hybridized carbons (Fsp3) is 0.344. The summed E-state index contributed by atoms with van der Waals surface area (Å²) in [5.74, 6) is -3.38. The van der Waals surface area contributed by atoms with Gasteiger partial charge in [0.2, 0.25) is 11.0 Å². The molecular formula is C32H35NO15S3. The van der Waals surface area contributed by atoms with Gasteiger partial charge in [-0.3, -0.25) is 9.11 Å². The SMILES string of the molecule is Cc1cc(C(=O)O)cc(C)c1OC(=O)c1c2cc(OCCCS(=O)(=O)O)ccc2[n+](CCCS(=O)(=O)[O-])c2ccc(OCCCS(=O)(=O)O)cc12. The number of carboxylic acids is 1. The van der Waals surface area contributed by atoms with Gasteiger partial charge in [0.25, 0.3) is 20.2 Å². The molecule has 1 heterocycles. The van der Waals surface area contributed by atoms with Crippen LogP contribution in [0.5, 0.6) is 17.2 Å². The molecule has 0 spiro atoms. The van der Waals surface area contributed by atoms with E-state index in [1.807, 2.05) is 0 Å². The number of ether oxygens (including phenoxy) is 3. The van der Waals surface area contributed by atoms with E-state index >= 15 is 0 Å². The molecule has 0 radical (unpaired) electrons. The minimum Gasteiger partial charge on any atom is -0.748 e. The summed E-state index contributed by atoms with van der Waals surface area (Å²) in [6, 6.07) is 11.9. The summed E-state index contributed by atoms with van der Waals surface area (Å²) in [5, 5.41) is 9.93. The molecule has 0 atom stereocenters. The molecule has 0 saturated heterocycles. The van der Waals surface area contributed by atoms with Crippen LogP contribution in [0.15, 0.2) is 48.5 Å². The molecule has 0 unspecified atom stereocenters. The fourth-order valence-corrected chi connectivity index (χ4v) is 6.91. The van der Waals surface area contributed by atoms with Crippen LogP contribution in [0.4, 0.5) is 0 Å². The number of carbonyl (C=O) groups is 2. The smallest absolute Gasteiger partial charge is 0.345 e. The van der Waals surface area contributed by atoms with Crippen molar-refractivity contribution in [3.05, 3.63) is 70.8 Å². The van der Waals surface area contributed by atoms with Gasteiger partial charge in [-0.1, -0.05) is 0 Å². The Labute approximate surface area is 293 Å². The average molecular weight is 770 g/mol. The number of aromatic nitrogens is 1. The van der Waals surface area contributed by atoms with E-state index in [4.69, 9.17) is 23.3 Å². The van der Waals surface area contributed by atoms with E-state index in [1.165, 1.54) is 36.4 Å². The Morgan fingerprint density at radius 2 is 1.20 bits per heavy atom. The highest BCUT2D eigenvalue weighted by Crippen LogP contribution is 2.33. The molecule has 4 aromatic rings. The van der Waals surface area contributed by atoms with Crippen molar-refractivity contribution in [2.75, 3.05) is 30.5 Å². The quantitative estimate of drug-likeness (QED) is 0.0348. The molecule has 4 rings (SSSR count). The second-order valence-electron chi connectivity index (χ2n) is 11.6. The molecule has 16 nitrogen and oxygen atoms in total. The van der Waals surface area contributed by atoms with Gasteiger partial charge < -0.3 is 23.9 Å². The molecule has 0 amide bonds. The zero-order valence-corrected chi connectivity index (χ0v) is 29.8. The summed E-state index contributed by atoms with van der Waals surface area (Å²) < 4.78 is 116. The van der Waals surface area contributed by atoms with Crippen LogP contribution < -0.4 is 18.8 Å². The van der Waals surface area contributed by atoms with E-state index in [1.54, 1.807) is 30.5 Å². The van der Waals surface area contributed by atoms with Gasteiger partial charge in [0.15, 0.2) is 6.54 Å². The summed E-state index contributed by atoms with van der Waals surface area (Å²) in [6.07, 6.45) is -0.215. The minimum atomic E-state index is -4.57. The third kappa shape index (κ3) is 11.0. The zero-order valence-electron chi connectivity index (χ0n) is 27.4. The third-order valence-electron chi connectivity index (χ3n) is 7.57. The predicted octanol–water partition coefficient (Wildman–Crippen LogP) is 3.06. The van der Waals surface area contributed by atoms with Crippen molar-refractivity contribution >= 4 is 64.1 Å². The van der Waals surface area contributed by atoms with Gasteiger partial charge in [0.1, 0.15) is 17.2 Å². The van der Waals surface area contributed by atoms with Crippen molar-refractivity contribution in [1.82, 2.24) is 0 Å². The molecule has 3 N–H and O–H groups in total. The predicted molar refractivity (Wildman–Crippen MR) is 182 cm³/mol. The van der Waals surface area contributed by atoms with Crippen molar-refractivity contribution in [2.24, 2.45) is 0 Å². The van der Waals surface area contributed by atoms with Crippen LogP contribution in [0, 0.1) is 13.8 Å². The topological polar surface area (TPSA) is 252 Å². The highest BCUT2D eigenvalue weighted by atomic mass is 32.2. The van der Waals surface area contributed by atoms with Gasteiger partial charge in [-0.25, -0.2) is 18.0 Å². The standard InChI is InChI=1S/C32H35NO15S3/c1-20-16-22(31(34)35)17-21(2)30(20)48-32(36)29-25-18-23(46-11-4-14-50(40,41)42)6-8-27(25)33(10-3-13-49(37,38)39)28-9-7-24(19-26(28)29)47-12-5-15-51(43,44)45/h6-9,16-19H,3-5,10-15H2,1-2H3,(H3-,34,35,37,38,39,40,41,42,43,44,45). The number of hydrogen-bond acceptors (Lipinski definition) is 12. The lowest BCUT2D eigenvalue weighted by molar-refractivity contribution is -0.645. The Hall–Kier alpha value is -4.40. The number of nitrogens with zero attached hydrogens (tertiary/aromatic N) is 1. The maximum Gasteiger partial charge on any atom is 0.345 e. The first kappa shape index (κ1) is 39.4. The van der Waals surface area contributed by atoms with E-state index in [-0.39, 0.29) is 78.2 Å². The van der Waals surface area contributed by atoms with Gasteiger partial charge in [-0.05, 0) is 74.2 Å². The lowest BCUT2D eigenvalue weighted by Gasteiger charge is -2.16. The average Bonchev–Trinajstić information content (AvgIpc) is 3.01. The van der Waals surface area contributed by atoms with Crippen molar-refractivity contribution in [3.8, 4) is 17.2 Å². The molecular weight excluding hydrogens is 735 g/mol. The number of hydrogen-bond donors (Lipinski definition) is 3. The van der Waals surface area contributed by atoms with Crippen molar-refractivity contribution in [3.63, 3.8) is 0 Å². The van der Waals surface area contributed by atoms with Crippen LogP contribution in [-0.2, 0) is 36.9 Å². The van der Waals surface area contributed by atoms with Crippen molar-refractivity contribution in [2.45, 2.75) is 39.7 Å². The summed E-state index contributed by atoms with van der Waals surface area (Å²) in [4.78, 5) is 25.8. The highest BCUT2D eigenvalue weighted by molar-refractivity contribution is 7.86. The maximum atomic E-state index is 14.2. The number of carboxylic acid groups (broad SMARTS) is 1. The second kappa shape index (κ2) is 15.9. The maximum absolute atomic E-state index is 14.2. The van der Waals surface area contributed by atoms with E-state index in [9.17, 15) is 44.5 Å². The van der Waals surface area contributed by atoms with Crippen LogP contribution in [0.1, 0.15) is 51.1 Å². The number of fused-ring (bicyclic) bond motifs is 2. The number of benzene rings is 3. The summed E-state index contributed by atoms with van der Waals surface area (Å²) in [5.41, 5.74) is 1.43. The van der Waals surface area contributed by atoms with Crippen LogP contribution in [0.25, 0.3) is 21.8 Å². The van der Waals surface area contributed by atoms with Gasteiger partial charge in [-0.15, -0.1) is 0 Å². The molecule has 0 aliphatic carbocycles. The van der Waals surface area contributed by atoms with Crippen LogP contribution in [-0.4, -0.2) is 86.4 Å². The number of pyridine rings is 1. The second-order valence-corrected chi connectivity index (χ2v) is 16.3. The number of aromatic carboxylic acids is 1. The Kier molecular flexibility index (Phi) is 12.3. The van der Waals surface area contributed by atoms with Gasteiger partial charge in [0, 0.05) is 24.3 Å². The first-order valence-electron chi connectivity index (χ1n) is 15.3. The fourth-order valence-electron chi connectivity index (χ4n) is 5.46. The first-order valence-corrected chi connectivity index (χ1v) is 20.1. The molecule has 0 aliphatic heterocycles. The first-order chi connectivity index (χ1) is 23.7. The Bertz CT molecular complexity index is 2200. The number of rotatable bonds is 17. The Morgan fingerprint density at radius 3 is 1.61 bits per heavy atom. The molecule has 0 fully saturated rings. The van der Waals surface area contributed by atoms with E-state index < -0.39 is 59.6 Å². The highest BCUT2D eigenvalue weighted by Gasteiger charge is 2.28. The number of esters is 1. The third-order valence-corrected chi connectivity index (χ3v) is 9.97. The molecule has 0 aliphatic rings. The van der Waals surface area contributed by atoms with Crippen LogP contribution >= 0.6 is 0 Å². The number of aryl methyl sites for hydroxylation is 3. The largest absolute Gasteiger partial charge is 0.748 e. The molecule has 0 saturated carbocycles. The molecule has 0 bridgehead atoms. The van der Waals surface area contributed by atoms with Crippen molar-refractivity contribution in [1.29, 1.82) is 0 Å². The molecule has 19 heteroatoms. The van der Waals surface area contributed by atoms with E-state index in [0.29, 0.717) is 22.2 Å². The minimum absolute atomic E-state index is 0.00178. The lowest BCUT2D eigenvalue weighted by Crippen LogP contribution is -2.37. The summed E-state index contributed by atoms with van der Waals surface area (Å²) in [6.45, 7) is 2.88. The van der Waals surface area contributed by atoms with Gasteiger partial charge in [-0.2, -0.15) is 21.4 Å². The molecule has 276 valence electrons.